The number of nitrogens with zero attached hydrogens (tertiary/aromatic N) is 1. The van der Waals surface area contributed by atoms with Gasteiger partial charge in [0.05, 0.1) is 18.9 Å². The third kappa shape index (κ3) is 6.79. The molecule has 1 aliphatic rings. The largest absolute Gasteiger partial charge is 0.444 e. The lowest BCUT2D eigenvalue weighted by Gasteiger charge is -2.29. The number of amides is 1. The number of rotatable bonds is 6. The molecule has 0 spiro atoms. The molecule has 0 aromatic rings. The van der Waals surface area contributed by atoms with Crippen molar-refractivity contribution in [2.24, 2.45) is 0 Å². The summed E-state index contributed by atoms with van der Waals surface area (Å²) >= 11 is 0. The molecule has 1 rings (SSSR count). The van der Waals surface area contributed by atoms with Gasteiger partial charge in [0.25, 0.3) is 10.1 Å². The molecular weight excluding hydrogens is 306 g/mol. The Hall–Kier alpha value is -1.08. The average molecular weight is 333 g/mol. The fourth-order valence-electron chi connectivity index (χ4n) is 2.41. The van der Waals surface area contributed by atoms with Crippen molar-refractivity contribution in [1.29, 1.82) is 0 Å². The van der Waals surface area contributed by atoms with Crippen molar-refractivity contribution >= 4 is 16.2 Å². The Morgan fingerprint density at radius 1 is 1.36 bits per heavy atom. The summed E-state index contributed by atoms with van der Waals surface area (Å²) in [4.78, 5) is 13.9. The highest BCUT2D eigenvalue weighted by molar-refractivity contribution is 7.85. The molecule has 22 heavy (non-hydrogen) atoms. The molecule has 0 aromatic carbocycles. The first kappa shape index (κ1) is 19.0. The van der Waals surface area contributed by atoms with Crippen LogP contribution in [0.2, 0.25) is 0 Å². The molecule has 0 bridgehead atoms. The number of ether oxygens (including phenoxy) is 1. The average Bonchev–Trinajstić information content (AvgIpc) is 2.80. The minimum absolute atomic E-state index is 0.0342. The smallest absolute Gasteiger partial charge is 0.410 e. The normalized spacial score (nSPS) is 19.3. The molecule has 7 heteroatoms. The molecule has 128 valence electrons. The van der Waals surface area contributed by atoms with Crippen LogP contribution in [0.5, 0.6) is 0 Å². The van der Waals surface area contributed by atoms with Gasteiger partial charge in [-0.2, -0.15) is 8.42 Å². The van der Waals surface area contributed by atoms with Crippen LogP contribution in [0.3, 0.4) is 0 Å². The summed E-state index contributed by atoms with van der Waals surface area (Å²) in [6.07, 6.45) is 3.68. The molecule has 0 N–H and O–H groups in total. The molecule has 0 saturated carbocycles. The van der Waals surface area contributed by atoms with Gasteiger partial charge in [-0.3, -0.25) is 4.18 Å². The molecule has 1 unspecified atom stereocenters. The van der Waals surface area contributed by atoms with E-state index in [1.54, 1.807) is 4.90 Å². The number of carbonyl (C=O) groups is 1. The lowest BCUT2D eigenvalue weighted by atomic mass is 10.0. The van der Waals surface area contributed by atoms with Gasteiger partial charge in [0.1, 0.15) is 5.60 Å². The Morgan fingerprint density at radius 2 is 2.00 bits per heavy atom. The van der Waals surface area contributed by atoms with Crippen LogP contribution in [0, 0.1) is 0 Å². The highest BCUT2D eigenvalue weighted by Crippen LogP contribution is 2.27. The topological polar surface area (TPSA) is 72.9 Å². The monoisotopic (exact) mass is 333 g/mol. The van der Waals surface area contributed by atoms with E-state index in [0.29, 0.717) is 19.4 Å². The van der Waals surface area contributed by atoms with Gasteiger partial charge < -0.3 is 9.64 Å². The zero-order chi connectivity index (χ0) is 17.0. The number of likely N-dealkylation sites (tertiary alicyclic amines) is 1. The summed E-state index contributed by atoms with van der Waals surface area (Å²) in [7, 11) is -3.40. The van der Waals surface area contributed by atoms with Crippen molar-refractivity contribution in [3.8, 4) is 0 Å². The van der Waals surface area contributed by atoms with Gasteiger partial charge in [-0.1, -0.05) is 12.2 Å². The molecular formula is C15H27NO5S. The van der Waals surface area contributed by atoms with E-state index in [2.05, 4.69) is 6.58 Å². The van der Waals surface area contributed by atoms with Gasteiger partial charge in [0, 0.05) is 6.54 Å². The van der Waals surface area contributed by atoms with Crippen LogP contribution >= 0.6 is 0 Å². The zero-order valence-corrected chi connectivity index (χ0v) is 14.7. The maximum Gasteiger partial charge on any atom is 0.410 e. The first-order valence-electron chi connectivity index (χ1n) is 7.51. The third-order valence-electron chi connectivity index (χ3n) is 3.29. The molecule has 0 aliphatic carbocycles. The fourth-order valence-corrected chi connectivity index (χ4v) is 2.83. The van der Waals surface area contributed by atoms with E-state index in [-0.39, 0.29) is 18.7 Å². The predicted octanol–water partition coefficient (Wildman–Crippen LogP) is 2.70. The molecule has 0 radical (unpaired) electrons. The van der Waals surface area contributed by atoms with Crippen LogP contribution in [-0.4, -0.2) is 50.5 Å². The first-order chi connectivity index (χ1) is 9.99. The number of hydrogen-bond acceptors (Lipinski definition) is 5. The van der Waals surface area contributed by atoms with Crippen molar-refractivity contribution in [3.05, 3.63) is 12.2 Å². The van der Waals surface area contributed by atoms with Crippen LogP contribution in [0.25, 0.3) is 0 Å². The van der Waals surface area contributed by atoms with Gasteiger partial charge in [0.15, 0.2) is 0 Å². The van der Waals surface area contributed by atoms with Gasteiger partial charge in [-0.15, -0.1) is 0 Å². The summed E-state index contributed by atoms with van der Waals surface area (Å²) in [5.74, 6) is 0. The maximum absolute atomic E-state index is 12.2. The van der Waals surface area contributed by atoms with E-state index in [1.165, 1.54) is 0 Å². The van der Waals surface area contributed by atoms with Crippen LogP contribution < -0.4 is 0 Å². The van der Waals surface area contributed by atoms with Crippen molar-refractivity contribution in [3.63, 3.8) is 0 Å². The summed E-state index contributed by atoms with van der Waals surface area (Å²) in [6, 6.07) is -0.0342. The minimum Gasteiger partial charge on any atom is -0.444 e. The van der Waals surface area contributed by atoms with Crippen molar-refractivity contribution in [2.45, 2.75) is 58.1 Å². The summed E-state index contributed by atoms with van der Waals surface area (Å²) in [5.41, 5.74) is 0.398. The van der Waals surface area contributed by atoms with E-state index < -0.39 is 15.7 Å². The summed E-state index contributed by atoms with van der Waals surface area (Å²) < 4.78 is 31.9. The fraction of sp³-hybridized carbons (Fsp3) is 0.800. The second-order valence-electron chi connectivity index (χ2n) is 6.62. The Kier molecular flexibility index (Phi) is 6.43. The number of carbonyl (C=O) groups excluding carboxylic acids is 1. The van der Waals surface area contributed by atoms with E-state index >= 15 is 0 Å². The molecule has 1 saturated heterocycles. The highest BCUT2D eigenvalue weighted by atomic mass is 32.2. The van der Waals surface area contributed by atoms with Gasteiger partial charge in [-0.25, -0.2) is 4.79 Å². The predicted molar refractivity (Wildman–Crippen MR) is 85.1 cm³/mol. The van der Waals surface area contributed by atoms with E-state index in [9.17, 15) is 13.2 Å². The number of hydrogen-bond donors (Lipinski definition) is 0. The van der Waals surface area contributed by atoms with Gasteiger partial charge in [0.2, 0.25) is 0 Å². The van der Waals surface area contributed by atoms with Gasteiger partial charge in [-0.05, 0) is 46.5 Å². The van der Waals surface area contributed by atoms with Crippen molar-refractivity contribution < 1.29 is 22.1 Å². The first-order valence-corrected chi connectivity index (χ1v) is 9.33. The second kappa shape index (κ2) is 7.46. The molecule has 1 atom stereocenters. The highest BCUT2D eigenvalue weighted by Gasteiger charge is 2.33. The Morgan fingerprint density at radius 3 is 2.55 bits per heavy atom. The molecule has 1 heterocycles. The standard InChI is InChI=1S/C15H27NO5S/c1-12(8-7-11-20-22(5,18)19)13-9-6-10-16(13)14(17)21-15(2,3)4/h13H,1,6-11H2,2-5H3. The lowest BCUT2D eigenvalue weighted by molar-refractivity contribution is 0.0247. The second-order valence-corrected chi connectivity index (χ2v) is 8.26. The molecule has 6 nitrogen and oxygen atoms in total. The Bertz CT molecular complexity index is 507. The summed E-state index contributed by atoms with van der Waals surface area (Å²) in [5, 5.41) is 0. The Balaban J connectivity index is 2.48. The van der Waals surface area contributed by atoms with E-state index in [0.717, 1.165) is 24.7 Å². The van der Waals surface area contributed by atoms with Gasteiger partial charge >= 0.3 is 6.09 Å². The molecule has 1 amide bonds. The third-order valence-corrected chi connectivity index (χ3v) is 3.89. The summed E-state index contributed by atoms with van der Waals surface area (Å²) in [6.45, 7) is 10.4. The van der Waals surface area contributed by atoms with Crippen LogP contribution in [0.1, 0.15) is 46.5 Å². The Labute approximate surface area is 133 Å². The van der Waals surface area contributed by atoms with Crippen LogP contribution in [-0.2, 0) is 19.0 Å². The SMILES string of the molecule is C=C(CCCOS(C)(=O)=O)C1CCCN1C(=O)OC(C)(C)C. The lowest BCUT2D eigenvalue weighted by Crippen LogP contribution is -2.40. The van der Waals surface area contributed by atoms with E-state index in [4.69, 9.17) is 8.92 Å². The molecule has 1 fully saturated rings. The van der Waals surface area contributed by atoms with Crippen LogP contribution in [0.15, 0.2) is 12.2 Å². The maximum atomic E-state index is 12.2. The minimum atomic E-state index is -3.40. The zero-order valence-electron chi connectivity index (χ0n) is 13.9. The van der Waals surface area contributed by atoms with Crippen molar-refractivity contribution in [2.75, 3.05) is 19.4 Å². The molecule has 0 aromatic heterocycles. The molecule has 1 aliphatic heterocycles. The quantitative estimate of drug-likeness (QED) is 0.424. The van der Waals surface area contributed by atoms with E-state index in [1.807, 2.05) is 20.8 Å². The van der Waals surface area contributed by atoms with Crippen molar-refractivity contribution in [1.82, 2.24) is 4.90 Å². The van der Waals surface area contributed by atoms with Crippen LogP contribution in [0.4, 0.5) is 4.79 Å².